The molecule has 0 aromatic heterocycles. The number of piperidine rings is 1. The molecule has 1 aliphatic rings. The highest BCUT2D eigenvalue weighted by atomic mass is 16.5. The van der Waals surface area contributed by atoms with Gasteiger partial charge in [-0.05, 0) is 49.5 Å². The van der Waals surface area contributed by atoms with Gasteiger partial charge in [0.1, 0.15) is 0 Å². The Labute approximate surface area is 196 Å². The quantitative estimate of drug-likeness (QED) is 0.508. The van der Waals surface area contributed by atoms with E-state index in [0.717, 1.165) is 18.4 Å². The number of nitrogens with zero attached hydrogens (tertiary/aromatic N) is 1. The van der Waals surface area contributed by atoms with Gasteiger partial charge in [-0.2, -0.15) is 0 Å². The second-order valence-electron chi connectivity index (χ2n) is 8.19. The molecule has 176 valence electrons. The summed E-state index contributed by atoms with van der Waals surface area (Å²) in [5.41, 5.74) is 1.69. The topological polar surface area (TPSA) is 67.9 Å². The van der Waals surface area contributed by atoms with Gasteiger partial charge in [0.05, 0.1) is 13.2 Å². The molecule has 1 fully saturated rings. The van der Waals surface area contributed by atoms with E-state index in [9.17, 15) is 9.59 Å². The van der Waals surface area contributed by atoms with Crippen molar-refractivity contribution in [3.63, 3.8) is 0 Å². The second-order valence-corrected chi connectivity index (χ2v) is 8.19. The molecule has 2 amide bonds. The van der Waals surface area contributed by atoms with Gasteiger partial charge in [-0.3, -0.25) is 9.59 Å². The molecule has 3 rings (SSSR count). The molecule has 0 bridgehead atoms. The molecule has 0 unspecified atom stereocenters. The molecule has 1 heterocycles. The normalized spacial score (nSPS) is 14.3. The lowest BCUT2D eigenvalue weighted by Gasteiger charge is -2.30. The van der Waals surface area contributed by atoms with Gasteiger partial charge in [-0.25, -0.2) is 0 Å². The van der Waals surface area contributed by atoms with E-state index in [4.69, 9.17) is 9.47 Å². The van der Waals surface area contributed by atoms with Crippen molar-refractivity contribution in [1.82, 2.24) is 4.90 Å². The number of nitrogens with one attached hydrogen (secondary N) is 1. The minimum Gasteiger partial charge on any atom is -0.490 e. The van der Waals surface area contributed by atoms with Crippen LogP contribution in [0.3, 0.4) is 0 Å². The van der Waals surface area contributed by atoms with Crippen molar-refractivity contribution in [2.24, 2.45) is 5.92 Å². The fraction of sp³-hybridized carbons (Fsp3) is 0.407. The lowest BCUT2D eigenvalue weighted by molar-refractivity contribution is -0.130. The van der Waals surface area contributed by atoms with Crippen LogP contribution in [-0.2, 0) is 9.59 Å². The fourth-order valence-electron chi connectivity index (χ4n) is 3.69. The van der Waals surface area contributed by atoms with Gasteiger partial charge in [-0.1, -0.05) is 44.2 Å². The van der Waals surface area contributed by atoms with Crippen molar-refractivity contribution in [1.29, 1.82) is 0 Å². The summed E-state index contributed by atoms with van der Waals surface area (Å²) in [6.07, 6.45) is 6.53. The van der Waals surface area contributed by atoms with E-state index in [1.165, 1.54) is 0 Å². The van der Waals surface area contributed by atoms with Gasteiger partial charge >= 0.3 is 0 Å². The first-order valence-electron chi connectivity index (χ1n) is 11.8. The van der Waals surface area contributed by atoms with Crippen molar-refractivity contribution in [3.8, 4) is 11.5 Å². The minimum absolute atomic E-state index is 0.0157. The summed E-state index contributed by atoms with van der Waals surface area (Å²) in [6, 6.07) is 15.3. The molecule has 6 nitrogen and oxygen atoms in total. The third-order valence-electron chi connectivity index (χ3n) is 5.53. The lowest BCUT2D eigenvalue weighted by atomic mass is 9.95. The van der Waals surface area contributed by atoms with Crippen LogP contribution in [0.4, 0.5) is 5.69 Å². The zero-order chi connectivity index (χ0) is 23.5. The van der Waals surface area contributed by atoms with E-state index in [1.54, 1.807) is 11.0 Å². The number of benzene rings is 2. The molecule has 0 radical (unpaired) electrons. The fourth-order valence-corrected chi connectivity index (χ4v) is 3.69. The number of rotatable bonds is 10. The predicted octanol–water partition coefficient (Wildman–Crippen LogP) is 5.15. The molecular weight excluding hydrogens is 416 g/mol. The maximum atomic E-state index is 12.8. The molecule has 0 spiro atoms. The van der Waals surface area contributed by atoms with Crippen LogP contribution >= 0.6 is 0 Å². The number of hydrogen-bond donors (Lipinski definition) is 1. The van der Waals surface area contributed by atoms with Gasteiger partial charge in [0.15, 0.2) is 11.5 Å². The lowest BCUT2D eigenvalue weighted by Crippen LogP contribution is -2.40. The molecular formula is C27H34N2O4. The molecule has 0 aliphatic carbocycles. The van der Waals surface area contributed by atoms with Crippen molar-refractivity contribution < 1.29 is 19.1 Å². The monoisotopic (exact) mass is 450 g/mol. The summed E-state index contributed by atoms with van der Waals surface area (Å²) < 4.78 is 11.6. The summed E-state index contributed by atoms with van der Waals surface area (Å²) in [7, 11) is 0. The standard InChI is InChI=1S/C27H34N2O4/c1-3-18-32-24-12-11-23(20-25(24)33-19-4-2)28-27(31)22-14-16-29(17-15-22)26(30)13-10-21-8-6-5-7-9-21/h5-13,20,22H,3-4,14-19H2,1-2H3,(H,28,31)/b13-10+. The molecule has 6 heteroatoms. The summed E-state index contributed by atoms with van der Waals surface area (Å²) >= 11 is 0. The predicted molar refractivity (Wildman–Crippen MR) is 131 cm³/mol. The Balaban J connectivity index is 1.53. The van der Waals surface area contributed by atoms with Crippen molar-refractivity contribution in [2.45, 2.75) is 39.5 Å². The highest BCUT2D eigenvalue weighted by molar-refractivity contribution is 5.94. The Hall–Kier alpha value is -3.28. The number of anilines is 1. The Morgan fingerprint density at radius 2 is 1.64 bits per heavy atom. The van der Waals surface area contributed by atoms with Crippen LogP contribution in [-0.4, -0.2) is 43.0 Å². The van der Waals surface area contributed by atoms with Crippen LogP contribution in [0.15, 0.2) is 54.6 Å². The Morgan fingerprint density at radius 3 is 2.30 bits per heavy atom. The van der Waals surface area contributed by atoms with Crippen LogP contribution in [0.25, 0.3) is 6.08 Å². The number of likely N-dealkylation sites (tertiary alicyclic amines) is 1. The van der Waals surface area contributed by atoms with Gasteiger partial charge in [0, 0.05) is 36.8 Å². The van der Waals surface area contributed by atoms with E-state index in [-0.39, 0.29) is 17.7 Å². The maximum Gasteiger partial charge on any atom is 0.246 e. The van der Waals surface area contributed by atoms with E-state index in [1.807, 2.05) is 61.5 Å². The molecule has 1 aliphatic heterocycles. The largest absolute Gasteiger partial charge is 0.490 e. The van der Waals surface area contributed by atoms with Crippen LogP contribution in [0, 0.1) is 5.92 Å². The molecule has 1 saturated heterocycles. The number of hydrogen-bond acceptors (Lipinski definition) is 4. The molecule has 2 aromatic rings. The first-order chi connectivity index (χ1) is 16.1. The van der Waals surface area contributed by atoms with Gasteiger partial charge in [-0.15, -0.1) is 0 Å². The van der Waals surface area contributed by atoms with Crippen molar-refractivity contribution in [2.75, 3.05) is 31.6 Å². The summed E-state index contributed by atoms with van der Waals surface area (Å²) in [6.45, 7) is 6.46. The average Bonchev–Trinajstić information content (AvgIpc) is 2.86. The Bertz CT molecular complexity index is 934. The number of carbonyl (C=O) groups excluding carboxylic acids is 2. The average molecular weight is 451 g/mol. The van der Waals surface area contributed by atoms with E-state index < -0.39 is 0 Å². The molecule has 33 heavy (non-hydrogen) atoms. The van der Waals surface area contributed by atoms with E-state index >= 15 is 0 Å². The van der Waals surface area contributed by atoms with Crippen LogP contribution in [0.1, 0.15) is 45.1 Å². The third kappa shape index (κ3) is 7.38. The molecule has 0 saturated carbocycles. The Morgan fingerprint density at radius 1 is 0.970 bits per heavy atom. The number of amides is 2. The van der Waals surface area contributed by atoms with Crippen LogP contribution < -0.4 is 14.8 Å². The van der Waals surface area contributed by atoms with Gasteiger partial charge < -0.3 is 19.7 Å². The molecule has 2 aromatic carbocycles. The van der Waals surface area contributed by atoms with Crippen LogP contribution in [0.5, 0.6) is 11.5 Å². The van der Waals surface area contributed by atoms with Gasteiger partial charge in [0.25, 0.3) is 0 Å². The first-order valence-corrected chi connectivity index (χ1v) is 11.8. The molecule has 0 atom stereocenters. The third-order valence-corrected chi connectivity index (χ3v) is 5.53. The Kier molecular flexibility index (Phi) is 9.36. The van der Waals surface area contributed by atoms with Crippen molar-refractivity contribution >= 4 is 23.6 Å². The zero-order valence-corrected chi connectivity index (χ0v) is 19.6. The van der Waals surface area contributed by atoms with E-state index in [0.29, 0.717) is 56.3 Å². The van der Waals surface area contributed by atoms with E-state index in [2.05, 4.69) is 12.2 Å². The second kappa shape index (κ2) is 12.7. The number of carbonyl (C=O) groups is 2. The smallest absolute Gasteiger partial charge is 0.246 e. The highest BCUT2D eigenvalue weighted by Crippen LogP contribution is 2.31. The zero-order valence-electron chi connectivity index (χ0n) is 19.6. The summed E-state index contributed by atoms with van der Waals surface area (Å²) in [5, 5.41) is 3.01. The summed E-state index contributed by atoms with van der Waals surface area (Å²) in [5.74, 6) is 1.18. The van der Waals surface area contributed by atoms with Gasteiger partial charge in [0.2, 0.25) is 11.8 Å². The van der Waals surface area contributed by atoms with Crippen molar-refractivity contribution in [3.05, 3.63) is 60.2 Å². The van der Waals surface area contributed by atoms with Crippen LogP contribution in [0.2, 0.25) is 0 Å². The minimum atomic E-state index is -0.122. The first kappa shape index (κ1) is 24.4. The maximum absolute atomic E-state index is 12.8. The molecule has 1 N–H and O–H groups in total. The highest BCUT2D eigenvalue weighted by Gasteiger charge is 2.26. The number of ether oxygens (including phenoxy) is 2. The summed E-state index contributed by atoms with van der Waals surface area (Å²) in [4.78, 5) is 27.1. The SMILES string of the molecule is CCCOc1ccc(NC(=O)C2CCN(C(=O)/C=C/c3ccccc3)CC2)cc1OCCC.